The highest BCUT2D eigenvalue weighted by molar-refractivity contribution is 5.86. The summed E-state index contributed by atoms with van der Waals surface area (Å²) in [7, 11) is 0. The van der Waals surface area contributed by atoms with Crippen LogP contribution >= 0.6 is 0 Å². The summed E-state index contributed by atoms with van der Waals surface area (Å²) < 4.78 is 20.4. The Morgan fingerprint density at radius 2 is 2.12 bits per heavy atom. The van der Waals surface area contributed by atoms with Gasteiger partial charge < -0.3 is 15.0 Å². The van der Waals surface area contributed by atoms with Gasteiger partial charge in [0.25, 0.3) is 5.91 Å². The predicted octanol–water partition coefficient (Wildman–Crippen LogP) is 1.45. The molecular formula is C18H22FN5O2. The lowest BCUT2D eigenvalue weighted by atomic mass is 9.88. The van der Waals surface area contributed by atoms with Crippen LogP contribution in [0.3, 0.4) is 0 Å². The van der Waals surface area contributed by atoms with Gasteiger partial charge in [-0.25, -0.2) is 14.1 Å². The molecule has 4 heterocycles. The average molecular weight is 359 g/mol. The molecule has 2 saturated heterocycles. The van der Waals surface area contributed by atoms with Gasteiger partial charge in [0.2, 0.25) is 0 Å². The van der Waals surface area contributed by atoms with E-state index in [4.69, 9.17) is 4.74 Å². The van der Waals surface area contributed by atoms with Gasteiger partial charge in [-0.15, -0.1) is 0 Å². The number of nitrogens with one attached hydrogen (secondary N) is 1. The van der Waals surface area contributed by atoms with E-state index in [0.29, 0.717) is 31.8 Å². The molecule has 138 valence electrons. The van der Waals surface area contributed by atoms with Gasteiger partial charge in [0.15, 0.2) is 11.6 Å². The standard InChI is InChI=1S/C18H22FN5O2/c1-13(14-2-3-16(21-10-14)24-12-15(19)11-22-24)23-8-9-26-18(17(23)25)4-6-20-7-5-18/h2-3,10-13,20H,4-9H2,1H3/t13-/m0/s1. The molecule has 0 saturated carbocycles. The van der Waals surface area contributed by atoms with Gasteiger partial charge >= 0.3 is 0 Å². The van der Waals surface area contributed by atoms with E-state index in [0.717, 1.165) is 24.8 Å². The third-order valence-electron chi connectivity index (χ3n) is 5.28. The van der Waals surface area contributed by atoms with E-state index in [1.165, 1.54) is 10.9 Å². The third-order valence-corrected chi connectivity index (χ3v) is 5.28. The van der Waals surface area contributed by atoms with Crippen molar-refractivity contribution >= 4 is 5.91 Å². The molecule has 7 nitrogen and oxygen atoms in total. The van der Waals surface area contributed by atoms with Gasteiger partial charge in [-0.3, -0.25) is 4.79 Å². The van der Waals surface area contributed by atoms with Crippen LogP contribution in [0.2, 0.25) is 0 Å². The van der Waals surface area contributed by atoms with Crippen LogP contribution < -0.4 is 5.32 Å². The van der Waals surface area contributed by atoms with Gasteiger partial charge in [-0.05, 0) is 44.5 Å². The molecule has 0 aromatic carbocycles. The highest BCUT2D eigenvalue weighted by Gasteiger charge is 2.47. The minimum absolute atomic E-state index is 0.0657. The summed E-state index contributed by atoms with van der Waals surface area (Å²) in [5.41, 5.74) is 0.248. The Balaban J connectivity index is 1.53. The molecule has 26 heavy (non-hydrogen) atoms. The number of pyridine rings is 1. The van der Waals surface area contributed by atoms with Gasteiger partial charge in [-0.2, -0.15) is 5.10 Å². The fraction of sp³-hybridized carbons (Fsp3) is 0.500. The van der Waals surface area contributed by atoms with Crippen molar-refractivity contribution < 1.29 is 13.9 Å². The molecule has 0 aliphatic carbocycles. The van der Waals surface area contributed by atoms with Crippen LogP contribution in [0.15, 0.2) is 30.7 Å². The lowest BCUT2D eigenvalue weighted by Crippen LogP contribution is -2.60. The Morgan fingerprint density at radius 1 is 1.31 bits per heavy atom. The Kier molecular flexibility index (Phi) is 4.46. The number of ether oxygens (including phenoxy) is 1. The molecule has 1 atom stereocenters. The first-order chi connectivity index (χ1) is 12.6. The van der Waals surface area contributed by atoms with Crippen molar-refractivity contribution in [1.82, 2.24) is 25.0 Å². The fourth-order valence-corrected chi connectivity index (χ4v) is 3.71. The zero-order chi connectivity index (χ0) is 18.1. The quantitative estimate of drug-likeness (QED) is 0.898. The lowest BCUT2D eigenvalue weighted by molar-refractivity contribution is -0.179. The topological polar surface area (TPSA) is 72.3 Å². The van der Waals surface area contributed by atoms with E-state index in [2.05, 4.69) is 15.4 Å². The molecule has 1 N–H and O–H groups in total. The second-order valence-corrected chi connectivity index (χ2v) is 6.82. The van der Waals surface area contributed by atoms with Crippen LogP contribution in [-0.2, 0) is 9.53 Å². The molecule has 2 fully saturated rings. The predicted molar refractivity (Wildman–Crippen MR) is 92.2 cm³/mol. The Bertz CT molecular complexity index is 780. The summed E-state index contributed by atoms with van der Waals surface area (Å²) in [6.07, 6.45) is 5.55. The van der Waals surface area contributed by atoms with E-state index in [9.17, 15) is 9.18 Å². The minimum atomic E-state index is -0.683. The second-order valence-electron chi connectivity index (χ2n) is 6.82. The fourth-order valence-electron chi connectivity index (χ4n) is 3.71. The maximum absolute atomic E-state index is 13.1. The van der Waals surface area contributed by atoms with Crippen LogP contribution in [-0.4, -0.2) is 57.4 Å². The summed E-state index contributed by atoms with van der Waals surface area (Å²) >= 11 is 0. The van der Waals surface area contributed by atoms with E-state index in [1.807, 2.05) is 17.9 Å². The summed E-state index contributed by atoms with van der Waals surface area (Å²) in [6, 6.07) is 3.59. The number of halogens is 1. The highest BCUT2D eigenvalue weighted by atomic mass is 19.1. The van der Waals surface area contributed by atoms with E-state index in [-0.39, 0.29) is 11.9 Å². The zero-order valence-corrected chi connectivity index (χ0v) is 14.7. The summed E-state index contributed by atoms with van der Waals surface area (Å²) in [4.78, 5) is 19.4. The number of rotatable bonds is 3. The number of carbonyl (C=O) groups excluding carboxylic acids is 1. The Labute approximate surface area is 151 Å². The molecule has 4 rings (SSSR count). The monoisotopic (exact) mass is 359 g/mol. The maximum Gasteiger partial charge on any atom is 0.255 e. The number of aromatic nitrogens is 3. The van der Waals surface area contributed by atoms with Crippen molar-refractivity contribution in [2.45, 2.75) is 31.4 Å². The van der Waals surface area contributed by atoms with Gasteiger partial charge in [0, 0.05) is 12.7 Å². The number of hydrogen-bond donors (Lipinski definition) is 1. The van der Waals surface area contributed by atoms with Crippen LogP contribution in [0.5, 0.6) is 0 Å². The molecule has 1 spiro atoms. The normalized spacial score (nSPS) is 21.2. The smallest absolute Gasteiger partial charge is 0.255 e. The Morgan fingerprint density at radius 3 is 2.77 bits per heavy atom. The van der Waals surface area contributed by atoms with Crippen LogP contribution in [0.1, 0.15) is 31.4 Å². The van der Waals surface area contributed by atoms with Crippen molar-refractivity contribution in [3.63, 3.8) is 0 Å². The first-order valence-electron chi connectivity index (χ1n) is 8.91. The molecule has 2 aliphatic rings. The molecule has 0 bridgehead atoms. The van der Waals surface area contributed by atoms with E-state index in [1.54, 1.807) is 12.3 Å². The number of carbonyl (C=O) groups is 1. The number of piperidine rings is 1. The number of nitrogens with zero attached hydrogens (tertiary/aromatic N) is 4. The summed E-state index contributed by atoms with van der Waals surface area (Å²) in [6.45, 7) is 4.72. The zero-order valence-electron chi connectivity index (χ0n) is 14.7. The van der Waals surface area contributed by atoms with Crippen molar-refractivity contribution in [1.29, 1.82) is 0 Å². The number of morpholine rings is 1. The van der Waals surface area contributed by atoms with Gasteiger partial charge in [-0.1, -0.05) is 6.07 Å². The molecule has 0 unspecified atom stereocenters. The minimum Gasteiger partial charge on any atom is -0.363 e. The largest absolute Gasteiger partial charge is 0.363 e. The van der Waals surface area contributed by atoms with Crippen molar-refractivity contribution in [2.24, 2.45) is 0 Å². The number of hydrogen-bond acceptors (Lipinski definition) is 5. The molecule has 0 radical (unpaired) electrons. The molecule has 1 amide bonds. The summed E-state index contributed by atoms with van der Waals surface area (Å²) in [5.74, 6) is 0.194. The van der Waals surface area contributed by atoms with Crippen LogP contribution in [0, 0.1) is 5.82 Å². The highest BCUT2D eigenvalue weighted by Crippen LogP contribution is 2.33. The van der Waals surface area contributed by atoms with Crippen molar-refractivity contribution in [3.05, 3.63) is 42.1 Å². The average Bonchev–Trinajstić information content (AvgIpc) is 3.11. The van der Waals surface area contributed by atoms with E-state index < -0.39 is 11.4 Å². The van der Waals surface area contributed by atoms with Crippen molar-refractivity contribution in [3.8, 4) is 5.82 Å². The van der Waals surface area contributed by atoms with Crippen molar-refractivity contribution in [2.75, 3.05) is 26.2 Å². The second kappa shape index (κ2) is 6.77. The lowest BCUT2D eigenvalue weighted by Gasteiger charge is -2.45. The maximum atomic E-state index is 13.1. The summed E-state index contributed by atoms with van der Waals surface area (Å²) in [5, 5.41) is 7.19. The van der Waals surface area contributed by atoms with Crippen LogP contribution in [0.25, 0.3) is 5.82 Å². The van der Waals surface area contributed by atoms with Gasteiger partial charge in [0.05, 0.1) is 25.0 Å². The van der Waals surface area contributed by atoms with Gasteiger partial charge in [0.1, 0.15) is 5.60 Å². The number of amides is 1. The molecule has 2 aromatic rings. The third kappa shape index (κ3) is 2.99. The molecular weight excluding hydrogens is 337 g/mol. The molecule has 8 heteroatoms. The molecule has 2 aromatic heterocycles. The van der Waals surface area contributed by atoms with Crippen LogP contribution in [0.4, 0.5) is 4.39 Å². The SMILES string of the molecule is C[C@@H](c1ccc(-n2cc(F)cn2)nc1)N1CCOC2(CCNCC2)C1=O. The Hall–Kier alpha value is -2.32. The first-order valence-corrected chi connectivity index (χ1v) is 8.91. The van der Waals surface area contributed by atoms with E-state index >= 15 is 0 Å². The molecule has 2 aliphatic heterocycles. The first kappa shape index (κ1) is 17.1.